The first kappa shape index (κ1) is 14.3. The molecular formula is C16H20FNO3. The average Bonchev–Trinajstić information content (AvgIpc) is 2.99. The zero-order valence-electron chi connectivity index (χ0n) is 12.1. The molecule has 2 fully saturated rings. The fourth-order valence-electron chi connectivity index (χ4n) is 3.90. The lowest BCUT2D eigenvalue weighted by Crippen LogP contribution is -2.35. The average molecular weight is 293 g/mol. The predicted molar refractivity (Wildman–Crippen MR) is 75.6 cm³/mol. The summed E-state index contributed by atoms with van der Waals surface area (Å²) >= 11 is 0. The maximum absolute atomic E-state index is 13.9. The zero-order chi connectivity index (χ0) is 15.0. The van der Waals surface area contributed by atoms with Gasteiger partial charge in [-0.3, -0.25) is 9.69 Å². The number of carboxylic acids is 1. The van der Waals surface area contributed by atoms with Crippen molar-refractivity contribution >= 4 is 5.97 Å². The van der Waals surface area contributed by atoms with Crippen molar-refractivity contribution < 1.29 is 19.0 Å². The monoisotopic (exact) mass is 293 g/mol. The van der Waals surface area contributed by atoms with Gasteiger partial charge in [-0.2, -0.15) is 0 Å². The van der Waals surface area contributed by atoms with Crippen molar-refractivity contribution in [3.63, 3.8) is 0 Å². The Balaban J connectivity index is 1.77. The Hall–Kier alpha value is -1.62. The van der Waals surface area contributed by atoms with Gasteiger partial charge >= 0.3 is 5.97 Å². The van der Waals surface area contributed by atoms with E-state index >= 15 is 0 Å². The Morgan fingerprint density at radius 1 is 1.57 bits per heavy atom. The number of hydrogen-bond acceptors (Lipinski definition) is 3. The van der Waals surface area contributed by atoms with Gasteiger partial charge in [-0.15, -0.1) is 0 Å². The molecule has 21 heavy (non-hydrogen) atoms. The second-order valence-electron chi connectivity index (χ2n) is 6.18. The molecule has 114 valence electrons. The standard InChI is InChI=1S/C16H20FNO3/c1-21-13-4-5-14(17)11(7-13)8-18-9-12-3-2-6-16(12,10-18)15(19)20/h4-5,7,12H,2-3,6,8-10H2,1H3,(H,19,20)/t12-,16+/m0/s1. The van der Waals surface area contributed by atoms with Crippen LogP contribution in [-0.4, -0.2) is 36.2 Å². The Kier molecular flexibility index (Phi) is 3.61. The summed E-state index contributed by atoms with van der Waals surface area (Å²) in [6.07, 6.45) is 2.69. The molecule has 0 bridgehead atoms. The fraction of sp³-hybridized carbons (Fsp3) is 0.562. The van der Waals surface area contributed by atoms with Gasteiger partial charge in [-0.25, -0.2) is 4.39 Å². The van der Waals surface area contributed by atoms with E-state index in [4.69, 9.17) is 4.74 Å². The van der Waals surface area contributed by atoms with E-state index in [2.05, 4.69) is 4.90 Å². The van der Waals surface area contributed by atoms with E-state index in [1.807, 2.05) is 0 Å². The number of benzene rings is 1. The topological polar surface area (TPSA) is 49.8 Å². The molecule has 1 heterocycles. The number of carbonyl (C=O) groups is 1. The first-order valence-electron chi connectivity index (χ1n) is 7.33. The highest BCUT2D eigenvalue weighted by Gasteiger charge is 2.54. The Bertz CT molecular complexity index is 562. The molecule has 0 radical (unpaired) electrons. The largest absolute Gasteiger partial charge is 0.497 e. The van der Waals surface area contributed by atoms with Gasteiger partial charge in [-0.1, -0.05) is 6.42 Å². The predicted octanol–water partition coefficient (Wildman–Crippen LogP) is 2.52. The number of ether oxygens (including phenoxy) is 1. The van der Waals surface area contributed by atoms with Gasteiger partial charge in [-0.05, 0) is 37.0 Å². The molecule has 1 saturated carbocycles. The molecule has 4 nitrogen and oxygen atoms in total. The Morgan fingerprint density at radius 2 is 2.38 bits per heavy atom. The lowest BCUT2D eigenvalue weighted by Gasteiger charge is -2.23. The highest BCUT2D eigenvalue weighted by molar-refractivity contribution is 5.76. The second kappa shape index (κ2) is 5.30. The number of halogens is 1. The maximum Gasteiger partial charge on any atom is 0.311 e. The number of nitrogens with zero attached hydrogens (tertiary/aromatic N) is 1. The number of likely N-dealkylation sites (tertiary alicyclic amines) is 1. The van der Waals surface area contributed by atoms with Crippen molar-refractivity contribution in [2.75, 3.05) is 20.2 Å². The van der Waals surface area contributed by atoms with Crippen LogP contribution in [0.1, 0.15) is 24.8 Å². The minimum absolute atomic E-state index is 0.198. The summed E-state index contributed by atoms with van der Waals surface area (Å²) in [5.41, 5.74) is -0.0510. The molecule has 1 aromatic rings. The van der Waals surface area contributed by atoms with Crippen LogP contribution in [0.5, 0.6) is 5.75 Å². The third kappa shape index (κ3) is 2.39. The first-order valence-corrected chi connectivity index (χ1v) is 7.33. The van der Waals surface area contributed by atoms with Crippen molar-refractivity contribution in [2.45, 2.75) is 25.8 Å². The lowest BCUT2D eigenvalue weighted by molar-refractivity contribution is -0.149. The normalized spacial score (nSPS) is 28.6. The molecule has 0 amide bonds. The number of rotatable bonds is 4. The summed E-state index contributed by atoms with van der Waals surface area (Å²) in [6.45, 7) is 1.70. The minimum atomic E-state index is -0.696. The molecule has 1 aromatic carbocycles. The number of fused-ring (bicyclic) bond motifs is 1. The molecule has 1 aliphatic heterocycles. The molecule has 1 N–H and O–H groups in total. The Morgan fingerprint density at radius 3 is 3.05 bits per heavy atom. The molecule has 0 aromatic heterocycles. The van der Waals surface area contributed by atoms with E-state index in [-0.39, 0.29) is 11.7 Å². The van der Waals surface area contributed by atoms with Gasteiger partial charge in [0.05, 0.1) is 12.5 Å². The van der Waals surface area contributed by atoms with Crippen LogP contribution in [0.4, 0.5) is 4.39 Å². The third-order valence-corrected chi connectivity index (χ3v) is 5.01. The summed E-state index contributed by atoms with van der Waals surface area (Å²) < 4.78 is 19.0. The molecule has 3 rings (SSSR count). The van der Waals surface area contributed by atoms with Gasteiger partial charge < -0.3 is 9.84 Å². The molecule has 1 aliphatic carbocycles. The van der Waals surface area contributed by atoms with E-state index in [1.54, 1.807) is 19.2 Å². The number of aliphatic carboxylic acids is 1. The van der Waals surface area contributed by atoms with Crippen LogP contribution in [-0.2, 0) is 11.3 Å². The van der Waals surface area contributed by atoms with Gasteiger partial charge in [0.2, 0.25) is 0 Å². The van der Waals surface area contributed by atoms with Crippen molar-refractivity contribution in [1.82, 2.24) is 4.90 Å². The maximum atomic E-state index is 13.9. The molecule has 1 saturated heterocycles. The van der Waals surface area contributed by atoms with Crippen molar-refractivity contribution in [3.8, 4) is 5.75 Å². The molecule has 0 unspecified atom stereocenters. The lowest BCUT2D eigenvalue weighted by atomic mass is 9.81. The molecule has 0 spiro atoms. The summed E-state index contributed by atoms with van der Waals surface area (Å²) in [5, 5.41) is 9.57. The first-order chi connectivity index (χ1) is 10.0. The smallest absolute Gasteiger partial charge is 0.311 e. The summed E-state index contributed by atoms with van der Waals surface area (Å²) in [4.78, 5) is 13.7. The molecule has 5 heteroatoms. The highest BCUT2D eigenvalue weighted by atomic mass is 19.1. The van der Waals surface area contributed by atoms with Crippen LogP contribution in [0.3, 0.4) is 0 Å². The zero-order valence-corrected chi connectivity index (χ0v) is 12.1. The molecule has 2 atom stereocenters. The highest BCUT2D eigenvalue weighted by Crippen LogP contribution is 2.49. The van der Waals surface area contributed by atoms with Gasteiger partial charge in [0, 0.05) is 25.2 Å². The fourth-order valence-corrected chi connectivity index (χ4v) is 3.90. The van der Waals surface area contributed by atoms with Crippen LogP contribution < -0.4 is 4.74 Å². The Labute approximate surface area is 123 Å². The second-order valence-corrected chi connectivity index (χ2v) is 6.18. The van der Waals surface area contributed by atoms with E-state index in [9.17, 15) is 14.3 Å². The van der Waals surface area contributed by atoms with Crippen LogP contribution >= 0.6 is 0 Å². The number of methoxy groups -OCH3 is 1. The SMILES string of the molecule is COc1ccc(F)c(CN2C[C@@H]3CCC[C@@]3(C(=O)O)C2)c1. The minimum Gasteiger partial charge on any atom is -0.497 e. The van der Waals surface area contributed by atoms with Gasteiger partial charge in [0.15, 0.2) is 0 Å². The summed E-state index contributed by atoms with van der Waals surface area (Å²) in [7, 11) is 1.55. The molecular weight excluding hydrogens is 273 g/mol. The van der Waals surface area contributed by atoms with Crippen molar-refractivity contribution in [3.05, 3.63) is 29.6 Å². The van der Waals surface area contributed by atoms with E-state index in [0.29, 0.717) is 24.4 Å². The summed E-state index contributed by atoms with van der Waals surface area (Å²) in [5.74, 6) is -0.141. The van der Waals surface area contributed by atoms with E-state index < -0.39 is 11.4 Å². The molecule has 2 aliphatic rings. The van der Waals surface area contributed by atoms with Gasteiger partial charge in [0.25, 0.3) is 0 Å². The van der Waals surface area contributed by atoms with Crippen molar-refractivity contribution in [2.24, 2.45) is 11.3 Å². The third-order valence-electron chi connectivity index (χ3n) is 5.01. The quantitative estimate of drug-likeness (QED) is 0.927. The van der Waals surface area contributed by atoms with Crippen molar-refractivity contribution in [1.29, 1.82) is 0 Å². The number of carboxylic acid groups (broad SMARTS) is 1. The van der Waals surface area contributed by atoms with Crippen LogP contribution in [0.2, 0.25) is 0 Å². The van der Waals surface area contributed by atoms with Crippen LogP contribution in [0.15, 0.2) is 18.2 Å². The number of hydrogen-bond donors (Lipinski definition) is 1. The summed E-state index contributed by atoms with van der Waals surface area (Å²) in [6, 6.07) is 4.69. The van der Waals surface area contributed by atoms with Crippen LogP contribution in [0, 0.1) is 17.2 Å². The van der Waals surface area contributed by atoms with E-state index in [0.717, 1.165) is 25.8 Å². The van der Waals surface area contributed by atoms with E-state index in [1.165, 1.54) is 6.07 Å². The van der Waals surface area contributed by atoms with Gasteiger partial charge in [0.1, 0.15) is 11.6 Å². The van der Waals surface area contributed by atoms with Crippen LogP contribution in [0.25, 0.3) is 0 Å².